The van der Waals surface area contributed by atoms with E-state index >= 15 is 0 Å². The number of para-hydroxylation sites is 1. The Kier molecular flexibility index (Phi) is 3.53. The van der Waals surface area contributed by atoms with Gasteiger partial charge in [-0.15, -0.1) is 0 Å². The van der Waals surface area contributed by atoms with Crippen molar-refractivity contribution in [2.75, 3.05) is 11.9 Å². The predicted octanol–water partition coefficient (Wildman–Crippen LogP) is 4.37. The van der Waals surface area contributed by atoms with Crippen LogP contribution in [-0.4, -0.2) is 22.5 Å². The van der Waals surface area contributed by atoms with Crippen molar-refractivity contribution in [2.24, 2.45) is 0 Å². The molecule has 0 saturated carbocycles. The lowest BCUT2D eigenvalue weighted by Gasteiger charge is -2.27. The first-order valence-electron chi connectivity index (χ1n) is 8.33. The average Bonchev–Trinajstić information content (AvgIpc) is 2.96. The van der Waals surface area contributed by atoms with Crippen molar-refractivity contribution in [3.63, 3.8) is 0 Å². The Morgan fingerprint density at radius 2 is 1.96 bits per heavy atom. The SMILES string of the molecule is Cc1ccc(NC(=O)N2CCc3[nH]c4ccccc4c3C2)cc1C. The number of benzene rings is 2. The molecule has 0 radical (unpaired) electrons. The molecule has 2 aromatic carbocycles. The van der Waals surface area contributed by atoms with Crippen LogP contribution in [0, 0.1) is 13.8 Å². The Morgan fingerprint density at radius 1 is 1.12 bits per heavy atom. The zero-order valence-corrected chi connectivity index (χ0v) is 14.0. The van der Waals surface area contributed by atoms with E-state index in [0.717, 1.165) is 24.2 Å². The average molecular weight is 319 g/mol. The molecule has 1 aromatic heterocycles. The van der Waals surface area contributed by atoms with Crippen LogP contribution in [0.25, 0.3) is 10.9 Å². The second-order valence-corrected chi connectivity index (χ2v) is 6.53. The third-order valence-electron chi connectivity index (χ3n) is 4.93. The first-order chi connectivity index (χ1) is 11.6. The van der Waals surface area contributed by atoms with Gasteiger partial charge in [-0.2, -0.15) is 0 Å². The van der Waals surface area contributed by atoms with Crippen LogP contribution in [0.3, 0.4) is 0 Å². The van der Waals surface area contributed by atoms with E-state index in [9.17, 15) is 4.79 Å². The highest BCUT2D eigenvalue weighted by molar-refractivity contribution is 5.91. The number of hydrogen-bond acceptors (Lipinski definition) is 1. The Morgan fingerprint density at radius 3 is 2.79 bits per heavy atom. The summed E-state index contributed by atoms with van der Waals surface area (Å²) >= 11 is 0. The number of amides is 2. The van der Waals surface area contributed by atoms with Crippen molar-refractivity contribution >= 4 is 22.6 Å². The molecule has 4 nitrogen and oxygen atoms in total. The van der Waals surface area contributed by atoms with Crippen LogP contribution in [0.5, 0.6) is 0 Å². The van der Waals surface area contributed by atoms with Gasteiger partial charge in [0.2, 0.25) is 0 Å². The number of nitrogens with zero attached hydrogens (tertiary/aromatic N) is 1. The summed E-state index contributed by atoms with van der Waals surface area (Å²) < 4.78 is 0. The molecule has 0 fully saturated rings. The molecule has 0 atom stereocenters. The van der Waals surface area contributed by atoms with Crippen LogP contribution in [0.2, 0.25) is 0 Å². The minimum absolute atomic E-state index is 0.0332. The molecule has 1 aliphatic heterocycles. The number of rotatable bonds is 1. The number of aromatic nitrogens is 1. The zero-order valence-electron chi connectivity index (χ0n) is 14.0. The van der Waals surface area contributed by atoms with E-state index in [1.165, 1.54) is 27.8 Å². The van der Waals surface area contributed by atoms with Gasteiger partial charge in [0.15, 0.2) is 0 Å². The highest BCUT2D eigenvalue weighted by Crippen LogP contribution is 2.28. The van der Waals surface area contributed by atoms with Gasteiger partial charge in [-0.1, -0.05) is 24.3 Å². The van der Waals surface area contributed by atoms with Crippen LogP contribution >= 0.6 is 0 Å². The molecule has 2 N–H and O–H groups in total. The zero-order chi connectivity index (χ0) is 16.7. The van der Waals surface area contributed by atoms with Gasteiger partial charge >= 0.3 is 6.03 Å². The summed E-state index contributed by atoms with van der Waals surface area (Å²) in [7, 11) is 0. The number of H-pyrrole nitrogens is 1. The maximum absolute atomic E-state index is 12.6. The van der Waals surface area contributed by atoms with Gasteiger partial charge in [0.25, 0.3) is 0 Å². The summed E-state index contributed by atoms with van der Waals surface area (Å²) in [5.74, 6) is 0. The van der Waals surface area contributed by atoms with Gasteiger partial charge in [-0.3, -0.25) is 0 Å². The molecule has 3 aromatic rings. The van der Waals surface area contributed by atoms with Crippen molar-refractivity contribution in [1.82, 2.24) is 9.88 Å². The largest absolute Gasteiger partial charge is 0.358 e. The lowest BCUT2D eigenvalue weighted by molar-refractivity contribution is 0.206. The minimum atomic E-state index is -0.0332. The normalized spacial score (nSPS) is 13.8. The van der Waals surface area contributed by atoms with Gasteiger partial charge in [0, 0.05) is 47.4 Å². The minimum Gasteiger partial charge on any atom is -0.358 e. The number of carbonyl (C=O) groups is 1. The second-order valence-electron chi connectivity index (χ2n) is 6.53. The number of anilines is 1. The fraction of sp³-hybridized carbons (Fsp3) is 0.250. The molecular weight excluding hydrogens is 298 g/mol. The summed E-state index contributed by atoms with van der Waals surface area (Å²) in [5.41, 5.74) is 6.92. The molecule has 24 heavy (non-hydrogen) atoms. The van der Waals surface area contributed by atoms with Crippen molar-refractivity contribution in [2.45, 2.75) is 26.8 Å². The van der Waals surface area contributed by atoms with Crippen LogP contribution in [-0.2, 0) is 13.0 Å². The monoisotopic (exact) mass is 319 g/mol. The molecule has 4 heteroatoms. The molecule has 4 rings (SSSR count). The smallest absolute Gasteiger partial charge is 0.322 e. The first-order valence-corrected chi connectivity index (χ1v) is 8.33. The fourth-order valence-electron chi connectivity index (χ4n) is 3.36. The fourth-order valence-corrected chi connectivity index (χ4v) is 3.36. The van der Waals surface area contributed by atoms with Gasteiger partial charge in [0.05, 0.1) is 0 Å². The molecule has 0 saturated heterocycles. The van der Waals surface area contributed by atoms with Crippen LogP contribution in [0.15, 0.2) is 42.5 Å². The molecule has 122 valence electrons. The topological polar surface area (TPSA) is 48.1 Å². The predicted molar refractivity (Wildman–Crippen MR) is 97.3 cm³/mol. The number of aromatic amines is 1. The van der Waals surface area contributed by atoms with Crippen LogP contribution in [0.4, 0.5) is 10.5 Å². The number of carbonyl (C=O) groups excluding carboxylic acids is 1. The Hall–Kier alpha value is -2.75. The van der Waals surface area contributed by atoms with Gasteiger partial charge in [-0.25, -0.2) is 4.79 Å². The van der Waals surface area contributed by atoms with E-state index in [1.54, 1.807) is 0 Å². The summed E-state index contributed by atoms with van der Waals surface area (Å²) in [4.78, 5) is 18.0. The maximum Gasteiger partial charge on any atom is 0.322 e. The van der Waals surface area contributed by atoms with Gasteiger partial charge in [-0.05, 0) is 43.2 Å². The van der Waals surface area contributed by atoms with Gasteiger partial charge < -0.3 is 15.2 Å². The lowest BCUT2D eigenvalue weighted by atomic mass is 10.0. The van der Waals surface area contributed by atoms with E-state index in [-0.39, 0.29) is 6.03 Å². The Balaban J connectivity index is 1.55. The van der Waals surface area contributed by atoms with E-state index in [2.05, 4.69) is 36.3 Å². The molecule has 0 spiro atoms. The quantitative estimate of drug-likeness (QED) is 0.687. The molecular formula is C20H21N3O. The van der Waals surface area contributed by atoms with Crippen LogP contribution < -0.4 is 5.32 Å². The van der Waals surface area contributed by atoms with E-state index in [4.69, 9.17) is 0 Å². The van der Waals surface area contributed by atoms with E-state index in [1.807, 2.05) is 35.2 Å². The maximum atomic E-state index is 12.6. The van der Waals surface area contributed by atoms with E-state index in [0.29, 0.717) is 6.54 Å². The Bertz CT molecular complexity index is 926. The highest BCUT2D eigenvalue weighted by atomic mass is 16.2. The number of urea groups is 1. The third-order valence-corrected chi connectivity index (χ3v) is 4.93. The first kappa shape index (κ1) is 14.8. The molecule has 2 amide bonds. The number of aryl methyl sites for hydroxylation is 2. The number of fused-ring (bicyclic) bond motifs is 3. The van der Waals surface area contributed by atoms with Crippen molar-refractivity contribution in [3.8, 4) is 0 Å². The van der Waals surface area contributed by atoms with Gasteiger partial charge in [0.1, 0.15) is 0 Å². The summed E-state index contributed by atoms with van der Waals surface area (Å²) in [6.07, 6.45) is 0.865. The molecule has 0 aliphatic carbocycles. The molecule has 2 heterocycles. The van der Waals surface area contributed by atoms with Crippen molar-refractivity contribution in [3.05, 3.63) is 64.8 Å². The van der Waals surface area contributed by atoms with Crippen molar-refractivity contribution < 1.29 is 4.79 Å². The standard InChI is InChI=1S/C20H21N3O/c1-13-7-8-15(11-14(13)2)21-20(24)23-10-9-19-17(12-23)16-5-3-4-6-18(16)22-19/h3-8,11,22H,9-10,12H2,1-2H3,(H,21,24). The lowest BCUT2D eigenvalue weighted by Crippen LogP contribution is -2.38. The third kappa shape index (κ3) is 2.54. The molecule has 0 unspecified atom stereocenters. The molecule has 1 aliphatic rings. The summed E-state index contributed by atoms with van der Waals surface area (Å²) in [6.45, 7) is 5.51. The second kappa shape index (κ2) is 5.71. The summed E-state index contributed by atoms with van der Waals surface area (Å²) in [6, 6.07) is 14.3. The molecule has 0 bridgehead atoms. The highest BCUT2D eigenvalue weighted by Gasteiger charge is 2.23. The van der Waals surface area contributed by atoms with Crippen molar-refractivity contribution in [1.29, 1.82) is 0 Å². The number of hydrogen-bond donors (Lipinski definition) is 2. The van der Waals surface area contributed by atoms with Crippen LogP contribution in [0.1, 0.15) is 22.4 Å². The summed E-state index contributed by atoms with van der Waals surface area (Å²) in [5, 5.41) is 4.25. The number of nitrogens with one attached hydrogen (secondary N) is 2. The van der Waals surface area contributed by atoms with E-state index < -0.39 is 0 Å². The Labute approximate surface area is 141 Å².